The van der Waals surface area contributed by atoms with Gasteiger partial charge in [-0.15, -0.1) is 0 Å². The Bertz CT molecular complexity index is 511. The molecule has 1 heterocycles. The molecule has 19 heavy (non-hydrogen) atoms. The van der Waals surface area contributed by atoms with Gasteiger partial charge in [-0.05, 0) is 45.3 Å². The summed E-state index contributed by atoms with van der Waals surface area (Å²) in [5.74, 6) is -1.80. The molecule has 1 aliphatic heterocycles. The van der Waals surface area contributed by atoms with Gasteiger partial charge in [-0.25, -0.2) is 9.18 Å². The zero-order chi connectivity index (χ0) is 14.4. The van der Waals surface area contributed by atoms with Gasteiger partial charge in [0, 0.05) is 0 Å². The number of hydrogen-bond acceptors (Lipinski definition) is 3. The standard InChI is InChI=1S/C13H16BFO4/c1-12(2)13(3,4)19-14(18-12)10-6-5-8(15)7-9(10)11(16)17/h5-7H,1-4H3,(H,16,17). The first-order chi connectivity index (χ1) is 8.64. The van der Waals surface area contributed by atoms with Crippen LogP contribution in [0.15, 0.2) is 18.2 Å². The van der Waals surface area contributed by atoms with Gasteiger partial charge in [0.1, 0.15) is 5.82 Å². The Morgan fingerprint density at radius 1 is 1.21 bits per heavy atom. The molecule has 0 bridgehead atoms. The van der Waals surface area contributed by atoms with Crippen LogP contribution in [0.3, 0.4) is 0 Å². The van der Waals surface area contributed by atoms with Crippen molar-refractivity contribution in [2.45, 2.75) is 38.9 Å². The maximum absolute atomic E-state index is 13.2. The summed E-state index contributed by atoms with van der Waals surface area (Å²) in [6, 6.07) is 3.57. The SMILES string of the molecule is CC1(C)OB(c2ccc(F)cc2C(=O)O)OC1(C)C. The Balaban J connectivity index is 2.42. The first-order valence-electron chi connectivity index (χ1n) is 6.02. The van der Waals surface area contributed by atoms with Crippen LogP contribution in [0.4, 0.5) is 4.39 Å². The fourth-order valence-electron chi connectivity index (χ4n) is 1.89. The second-order valence-electron chi connectivity index (χ2n) is 5.62. The molecule has 0 amide bonds. The molecule has 1 aromatic carbocycles. The molecule has 0 spiro atoms. The van der Waals surface area contributed by atoms with Crippen molar-refractivity contribution in [2.75, 3.05) is 0 Å². The monoisotopic (exact) mass is 266 g/mol. The van der Waals surface area contributed by atoms with Crippen LogP contribution in [0.5, 0.6) is 0 Å². The second-order valence-corrected chi connectivity index (χ2v) is 5.62. The maximum atomic E-state index is 13.2. The molecule has 1 aromatic rings. The number of benzene rings is 1. The van der Waals surface area contributed by atoms with Crippen molar-refractivity contribution in [3.63, 3.8) is 0 Å². The molecule has 0 atom stereocenters. The first kappa shape index (κ1) is 14.0. The van der Waals surface area contributed by atoms with Crippen molar-refractivity contribution in [3.8, 4) is 0 Å². The van der Waals surface area contributed by atoms with Crippen LogP contribution in [-0.2, 0) is 9.31 Å². The van der Waals surface area contributed by atoms with Crippen LogP contribution in [0, 0.1) is 5.82 Å². The van der Waals surface area contributed by atoms with E-state index in [4.69, 9.17) is 14.4 Å². The lowest BCUT2D eigenvalue weighted by Crippen LogP contribution is -2.41. The van der Waals surface area contributed by atoms with E-state index >= 15 is 0 Å². The summed E-state index contributed by atoms with van der Waals surface area (Å²) < 4.78 is 24.7. The molecule has 0 radical (unpaired) electrons. The number of carbonyl (C=O) groups is 1. The first-order valence-corrected chi connectivity index (χ1v) is 6.02. The summed E-state index contributed by atoms with van der Waals surface area (Å²) in [5.41, 5.74) is -0.949. The number of rotatable bonds is 2. The summed E-state index contributed by atoms with van der Waals surface area (Å²) in [6.07, 6.45) is 0. The van der Waals surface area contributed by atoms with Crippen molar-refractivity contribution in [1.29, 1.82) is 0 Å². The Morgan fingerprint density at radius 2 is 1.74 bits per heavy atom. The Kier molecular flexibility index (Phi) is 3.19. The topological polar surface area (TPSA) is 55.8 Å². The molecule has 4 nitrogen and oxygen atoms in total. The number of hydrogen-bond donors (Lipinski definition) is 1. The molecule has 102 valence electrons. The highest BCUT2D eigenvalue weighted by molar-refractivity contribution is 6.63. The molecule has 0 saturated carbocycles. The Morgan fingerprint density at radius 3 is 2.21 bits per heavy atom. The summed E-state index contributed by atoms with van der Waals surface area (Å²) in [7, 11) is -0.809. The molecule has 6 heteroatoms. The third-order valence-electron chi connectivity index (χ3n) is 3.75. The normalized spacial score (nSPS) is 20.6. The quantitative estimate of drug-likeness (QED) is 0.829. The molecule has 1 saturated heterocycles. The van der Waals surface area contributed by atoms with Crippen LogP contribution >= 0.6 is 0 Å². The fraction of sp³-hybridized carbons (Fsp3) is 0.462. The van der Waals surface area contributed by atoms with Gasteiger partial charge in [-0.1, -0.05) is 6.07 Å². The van der Waals surface area contributed by atoms with Crippen LogP contribution in [0.2, 0.25) is 0 Å². The molecule has 1 N–H and O–H groups in total. The van der Waals surface area contributed by atoms with Crippen LogP contribution < -0.4 is 5.46 Å². The number of aromatic carboxylic acids is 1. The van der Waals surface area contributed by atoms with Gasteiger partial charge in [0.2, 0.25) is 0 Å². The lowest BCUT2D eigenvalue weighted by Gasteiger charge is -2.32. The zero-order valence-corrected chi connectivity index (χ0v) is 11.4. The van der Waals surface area contributed by atoms with Gasteiger partial charge < -0.3 is 14.4 Å². The molecule has 0 aliphatic carbocycles. The van der Waals surface area contributed by atoms with Gasteiger partial charge in [0.05, 0.1) is 16.8 Å². The molecule has 1 aliphatic rings. The van der Waals surface area contributed by atoms with Crippen molar-refractivity contribution in [2.24, 2.45) is 0 Å². The Labute approximate surface area is 111 Å². The predicted octanol–water partition coefficient (Wildman–Crippen LogP) is 1.82. The summed E-state index contributed by atoms with van der Waals surface area (Å²) in [6.45, 7) is 7.49. The van der Waals surface area contributed by atoms with Crippen LogP contribution in [0.1, 0.15) is 38.1 Å². The average molecular weight is 266 g/mol. The van der Waals surface area contributed by atoms with Crippen molar-refractivity contribution >= 4 is 18.6 Å². The molecular weight excluding hydrogens is 250 g/mol. The van der Waals surface area contributed by atoms with E-state index in [0.29, 0.717) is 5.46 Å². The fourth-order valence-corrected chi connectivity index (χ4v) is 1.89. The largest absolute Gasteiger partial charge is 0.495 e. The van der Waals surface area contributed by atoms with Gasteiger partial charge in [0.25, 0.3) is 0 Å². The van der Waals surface area contributed by atoms with Crippen LogP contribution in [-0.4, -0.2) is 29.4 Å². The van der Waals surface area contributed by atoms with Crippen LogP contribution in [0.25, 0.3) is 0 Å². The minimum atomic E-state index is -1.20. The third kappa shape index (κ3) is 2.38. The van der Waals surface area contributed by atoms with Crippen molar-refractivity contribution < 1.29 is 23.6 Å². The smallest absolute Gasteiger partial charge is 0.478 e. The van der Waals surface area contributed by atoms with Crippen molar-refractivity contribution in [1.82, 2.24) is 0 Å². The summed E-state index contributed by atoms with van der Waals surface area (Å²) >= 11 is 0. The van der Waals surface area contributed by atoms with E-state index in [1.165, 1.54) is 12.1 Å². The number of halogens is 1. The van der Waals surface area contributed by atoms with E-state index in [-0.39, 0.29) is 5.56 Å². The highest BCUT2D eigenvalue weighted by Gasteiger charge is 2.52. The highest BCUT2D eigenvalue weighted by Crippen LogP contribution is 2.36. The van der Waals surface area contributed by atoms with E-state index in [1.54, 1.807) is 0 Å². The summed E-state index contributed by atoms with van der Waals surface area (Å²) in [5, 5.41) is 9.13. The van der Waals surface area contributed by atoms with Gasteiger partial charge >= 0.3 is 13.1 Å². The third-order valence-corrected chi connectivity index (χ3v) is 3.75. The molecule has 0 unspecified atom stereocenters. The summed E-state index contributed by atoms with van der Waals surface area (Å²) in [4.78, 5) is 11.2. The minimum Gasteiger partial charge on any atom is -0.478 e. The molecule has 2 rings (SSSR count). The lowest BCUT2D eigenvalue weighted by atomic mass is 9.76. The molecule has 0 aromatic heterocycles. The second kappa shape index (κ2) is 4.32. The van der Waals surface area contributed by atoms with Crippen molar-refractivity contribution in [3.05, 3.63) is 29.6 Å². The maximum Gasteiger partial charge on any atom is 0.495 e. The minimum absolute atomic E-state index is 0.140. The van der Waals surface area contributed by atoms with Gasteiger partial charge in [0.15, 0.2) is 0 Å². The molecular formula is C13H16BFO4. The van der Waals surface area contributed by atoms with Gasteiger partial charge in [-0.3, -0.25) is 0 Å². The zero-order valence-electron chi connectivity index (χ0n) is 11.4. The Hall–Kier alpha value is -1.40. The lowest BCUT2D eigenvalue weighted by molar-refractivity contribution is 0.00578. The van der Waals surface area contributed by atoms with E-state index in [9.17, 15) is 9.18 Å². The van der Waals surface area contributed by atoms with Gasteiger partial charge in [-0.2, -0.15) is 0 Å². The number of carboxylic acids is 1. The molecule has 1 fully saturated rings. The number of carboxylic acid groups (broad SMARTS) is 1. The van der Waals surface area contributed by atoms with E-state index in [1.807, 2.05) is 27.7 Å². The van der Waals surface area contributed by atoms with E-state index in [2.05, 4.69) is 0 Å². The predicted molar refractivity (Wildman–Crippen MR) is 69.1 cm³/mol. The van der Waals surface area contributed by atoms with E-state index in [0.717, 1.165) is 6.07 Å². The highest BCUT2D eigenvalue weighted by atomic mass is 19.1. The van der Waals surface area contributed by atoms with E-state index < -0.39 is 30.1 Å². The average Bonchev–Trinajstić information content (AvgIpc) is 2.47.